The summed E-state index contributed by atoms with van der Waals surface area (Å²) in [5.41, 5.74) is 5.79. The molecule has 0 aliphatic carbocycles. The Morgan fingerprint density at radius 1 is 1.25 bits per heavy atom. The molecule has 4 nitrogen and oxygen atoms in total. The minimum absolute atomic E-state index is 0.0146. The van der Waals surface area contributed by atoms with E-state index in [1.54, 1.807) is 0 Å². The normalized spacial score (nSPS) is 14.1. The van der Waals surface area contributed by atoms with Crippen LogP contribution in [-0.4, -0.2) is 35.4 Å². The SMILES string of the molecule is Cc1ccc(-c2nc(C)c(C(=O)NCCN3CCc4sccc4C3)s2)c(C)c1. The summed E-state index contributed by atoms with van der Waals surface area (Å²) in [6, 6.07) is 8.57. The van der Waals surface area contributed by atoms with Crippen LogP contribution in [0.25, 0.3) is 10.6 Å². The van der Waals surface area contributed by atoms with Gasteiger partial charge >= 0.3 is 0 Å². The molecule has 0 saturated heterocycles. The monoisotopic (exact) mass is 411 g/mol. The minimum atomic E-state index is -0.0146. The summed E-state index contributed by atoms with van der Waals surface area (Å²) >= 11 is 3.34. The van der Waals surface area contributed by atoms with E-state index in [9.17, 15) is 4.79 Å². The number of rotatable bonds is 5. The summed E-state index contributed by atoms with van der Waals surface area (Å²) in [6.07, 6.45) is 1.12. The molecule has 0 saturated carbocycles. The van der Waals surface area contributed by atoms with Crippen molar-refractivity contribution < 1.29 is 4.79 Å². The summed E-state index contributed by atoms with van der Waals surface area (Å²) in [7, 11) is 0. The molecule has 3 aromatic rings. The van der Waals surface area contributed by atoms with Crippen molar-refractivity contribution in [2.45, 2.75) is 33.7 Å². The largest absolute Gasteiger partial charge is 0.350 e. The number of amides is 1. The van der Waals surface area contributed by atoms with Crippen molar-refractivity contribution in [3.05, 3.63) is 61.8 Å². The fraction of sp³-hybridized carbons (Fsp3) is 0.364. The van der Waals surface area contributed by atoms with Crippen LogP contribution in [-0.2, 0) is 13.0 Å². The van der Waals surface area contributed by atoms with Crippen LogP contribution in [0.3, 0.4) is 0 Å². The van der Waals surface area contributed by atoms with Gasteiger partial charge in [0.05, 0.1) is 5.69 Å². The smallest absolute Gasteiger partial charge is 0.263 e. The van der Waals surface area contributed by atoms with Gasteiger partial charge in [0, 0.05) is 36.6 Å². The van der Waals surface area contributed by atoms with Crippen LogP contribution in [0.15, 0.2) is 29.6 Å². The fourth-order valence-electron chi connectivity index (χ4n) is 3.68. The molecule has 0 spiro atoms. The standard InChI is InChI=1S/C22H25N3OS2/c1-14-4-5-18(15(2)12-14)22-24-16(3)20(28-22)21(26)23-8-10-25-9-6-19-17(13-25)7-11-27-19/h4-5,7,11-12H,6,8-10,13H2,1-3H3,(H,23,26). The molecule has 28 heavy (non-hydrogen) atoms. The minimum Gasteiger partial charge on any atom is -0.350 e. The van der Waals surface area contributed by atoms with E-state index in [2.05, 4.69) is 58.7 Å². The zero-order chi connectivity index (χ0) is 19.7. The lowest BCUT2D eigenvalue weighted by Crippen LogP contribution is -2.37. The molecule has 1 amide bonds. The van der Waals surface area contributed by atoms with Gasteiger partial charge in [-0.05, 0) is 49.8 Å². The number of thiazole rings is 1. The third-order valence-electron chi connectivity index (χ3n) is 5.22. The molecule has 0 fully saturated rings. The molecule has 4 rings (SSSR count). The Hall–Kier alpha value is -2.02. The van der Waals surface area contributed by atoms with E-state index >= 15 is 0 Å². The van der Waals surface area contributed by atoms with Crippen molar-refractivity contribution in [3.8, 4) is 10.6 Å². The molecule has 0 radical (unpaired) electrons. The second-order valence-electron chi connectivity index (χ2n) is 7.40. The molecule has 146 valence electrons. The fourth-order valence-corrected chi connectivity index (χ4v) is 5.64. The zero-order valence-electron chi connectivity index (χ0n) is 16.5. The van der Waals surface area contributed by atoms with Crippen LogP contribution >= 0.6 is 22.7 Å². The number of benzene rings is 1. The second kappa shape index (κ2) is 8.15. The van der Waals surface area contributed by atoms with E-state index in [1.807, 2.05) is 18.3 Å². The third kappa shape index (κ3) is 4.04. The zero-order valence-corrected chi connectivity index (χ0v) is 18.2. The van der Waals surface area contributed by atoms with Crippen LogP contribution in [0.4, 0.5) is 0 Å². The van der Waals surface area contributed by atoms with Crippen LogP contribution in [0.5, 0.6) is 0 Å². The highest BCUT2D eigenvalue weighted by Gasteiger charge is 2.19. The summed E-state index contributed by atoms with van der Waals surface area (Å²) in [6.45, 7) is 9.70. The van der Waals surface area contributed by atoms with Crippen molar-refractivity contribution in [2.24, 2.45) is 0 Å². The first-order chi connectivity index (χ1) is 13.5. The number of thiophene rings is 1. The summed E-state index contributed by atoms with van der Waals surface area (Å²) in [4.78, 5) is 22.0. The van der Waals surface area contributed by atoms with E-state index in [0.717, 1.165) is 42.3 Å². The Morgan fingerprint density at radius 2 is 2.11 bits per heavy atom. The number of fused-ring (bicyclic) bond motifs is 1. The van der Waals surface area contributed by atoms with Gasteiger partial charge in [-0.2, -0.15) is 0 Å². The van der Waals surface area contributed by atoms with Crippen molar-refractivity contribution in [1.82, 2.24) is 15.2 Å². The Bertz CT molecular complexity index is 1010. The van der Waals surface area contributed by atoms with Gasteiger partial charge in [-0.1, -0.05) is 23.8 Å². The molecular weight excluding hydrogens is 386 g/mol. The number of carbonyl (C=O) groups is 1. The molecule has 3 heterocycles. The Morgan fingerprint density at radius 3 is 2.93 bits per heavy atom. The van der Waals surface area contributed by atoms with E-state index in [4.69, 9.17) is 0 Å². The quantitative estimate of drug-likeness (QED) is 0.668. The first kappa shape index (κ1) is 19.3. The lowest BCUT2D eigenvalue weighted by Gasteiger charge is -2.26. The van der Waals surface area contributed by atoms with Gasteiger partial charge in [-0.3, -0.25) is 9.69 Å². The predicted octanol–water partition coefficient (Wildman–Crippen LogP) is 4.58. The molecule has 1 aromatic carbocycles. The first-order valence-corrected chi connectivity index (χ1v) is 11.3. The number of hydrogen-bond donors (Lipinski definition) is 1. The molecule has 1 aliphatic heterocycles. The maximum Gasteiger partial charge on any atom is 0.263 e. The van der Waals surface area contributed by atoms with Crippen molar-refractivity contribution in [1.29, 1.82) is 0 Å². The Kier molecular flexibility index (Phi) is 5.62. The predicted molar refractivity (Wildman–Crippen MR) is 117 cm³/mol. The van der Waals surface area contributed by atoms with E-state index < -0.39 is 0 Å². The highest BCUT2D eigenvalue weighted by atomic mass is 32.1. The van der Waals surface area contributed by atoms with Crippen molar-refractivity contribution >= 4 is 28.6 Å². The maximum absolute atomic E-state index is 12.7. The van der Waals surface area contributed by atoms with E-state index in [-0.39, 0.29) is 5.91 Å². The summed E-state index contributed by atoms with van der Waals surface area (Å²) in [5, 5.41) is 6.18. The topological polar surface area (TPSA) is 45.2 Å². The lowest BCUT2D eigenvalue weighted by atomic mass is 10.1. The number of nitrogens with zero attached hydrogens (tertiary/aromatic N) is 2. The van der Waals surface area contributed by atoms with Crippen molar-refractivity contribution in [3.63, 3.8) is 0 Å². The van der Waals surface area contributed by atoms with Gasteiger partial charge in [-0.15, -0.1) is 22.7 Å². The highest BCUT2D eigenvalue weighted by molar-refractivity contribution is 7.17. The van der Waals surface area contributed by atoms with E-state index in [0.29, 0.717) is 11.4 Å². The van der Waals surface area contributed by atoms with Crippen molar-refractivity contribution in [2.75, 3.05) is 19.6 Å². The Balaban J connectivity index is 1.37. The average Bonchev–Trinajstić information content (AvgIpc) is 3.27. The third-order valence-corrected chi connectivity index (χ3v) is 7.43. The molecule has 2 aromatic heterocycles. The summed E-state index contributed by atoms with van der Waals surface area (Å²) < 4.78 is 0. The number of nitrogens with one attached hydrogen (secondary N) is 1. The van der Waals surface area contributed by atoms with Gasteiger partial charge in [-0.25, -0.2) is 4.98 Å². The van der Waals surface area contributed by atoms with Gasteiger partial charge in [0.1, 0.15) is 9.88 Å². The number of aromatic nitrogens is 1. The first-order valence-electron chi connectivity index (χ1n) is 9.62. The lowest BCUT2D eigenvalue weighted by molar-refractivity contribution is 0.0950. The Labute approximate surface area is 174 Å². The van der Waals surface area contributed by atoms with Crippen LogP contribution in [0.1, 0.15) is 36.9 Å². The van der Waals surface area contributed by atoms with Crippen LogP contribution < -0.4 is 5.32 Å². The number of carbonyl (C=O) groups excluding carboxylic acids is 1. The average molecular weight is 412 g/mol. The molecular formula is C22H25N3OS2. The molecule has 0 unspecified atom stereocenters. The van der Waals surface area contributed by atoms with Crippen LogP contribution in [0, 0.1) is 20.8 Å². The highest BCUT2D eigenvalue weighted by Crippen LogP contribution is 2.30. The molecule has 1 N–H and O–H groups in total. The molecule has 1 aliphatic rings. The van der Waals surface area contributed by atoms with Gasteiger partial charge in [0.25, 0.3) is 5.91 Å². The van der Waals surface area contributed by atoms with Gasteiger partial charge in [0.15, 0.2) is 0 Å². The second-order valence-corrected chi connectivity index (χ2v) is 9.40. The molecule has 0 atom stereocenters. The van der Waals surface area contributed by atoms with Crippen LogP contribution in [0.2, 0.25) is 0 Å². The maximum atomic E-state index is 12.7. The number of hydrogen-bond acceptors (Lipinski definition) is 5. The number of aryl methyl sites for hydroxylation is 3. The molecule has 6 heteroatoms. The van der Waals surface area contributed by atoms with E-state index in [1.165, 1.54) is 32.9 Å². The van der Waals surface area contributed by atoms with Gasteiger partial charge < -0.3 is 5.32 Å². The summed E-state index contributed by atoms with van der Waals surface area (Å²) in [5.74, 6) is -0.0146. The molecule has 0 bridgehead atoms. The van der Waals surface area contributed by atoms with Gasteiger partial charge in [0.2, 0.25) is 0 Å².